The van der Waals surface area contributed by atoms with Crippen molar-refractivity contribution in [2.24, 2.45) is 0 Å². The first kappa shape index (κ1) is 13.5. The predicted molar refractivity (Wildman–Crippen MR) is 70.3 cm³/mol. The van der Waals surface area contributed by atoms with Crippen LogP contribution in [-0.2, 0) is 11.3 Å². The number of anilines is 2. The molecule has 0 aliphatic rings. The number of benzene rings is 1. The molecular formula is C12H11ClFN3O2. The minimum absolute atomic E-state index is 0.173. The van der Waals surface area contributed by atoms with E-state index >= 15 is 0 Å². The largest absolute Gasteiger partial charge is 0.378 e. The second-order valence-corrected chi connectivity index (χ2v) is 4.17. The Morgan fingerprint density at radius 2 is 2.26 bits per heavy atom. The molecule has 0 saturated carbocycles. The summed E-state index contributed by atoms with van der Waals surface area (Å²) in [6, 6.07) is 5.19. The van der Waals surface area contributed by atoms with Crippen molar-refractivity contribution in [3.63, 3.8) is 0 Å². The van der Waals surface area contributed by atoms with Gasteiger partial charge in [-0.15, -0.1) is 0 Å². The third-order valence-corrected chi connectivity index (χ3v) is 2.60. The standard InChI is InChI=1S/C12H11ClFN3O2/c1-19-6-8-5-11(18)17-12(15-8)16-10-4-7(14)2-3-9(10)13/h2-5H,6H2,1H3,(H2,15,16,17,18). The molecule has 2 N–H and O–H groups in total. The fraction of sp³-hybridized carbons (Fsp3) is 0.167. The number of hydrogen-bond acceptors (Lipinski definition) is 4. The monoisotopic (exact) mass is 283 g/mol. The molecule has 0 saturated heterocycles. The molecule has 0 aliphatic carbocycles. The summed E-state index contributed by atoms with van der Waals surface area (Å²) in [7, 11) is 1.50. The maximum Gasteiger partial charge on any atom is 0.252 e. The van der Waals surface area contributed by atoms with Crippen molar-refractivity contribution in [3.8, 4) is 0 Å². The Bertz CT molecular complexity index is 645. The number of ether oxygens (including phenoxy) is 1. The number of aromatic nitrogens is 2. The van der Waals surface area contributed by atoms with Crippen molar-refractivity contribution in [2.45, 2.75) is 6.61 Å². The fourth-order valence-corrected chi connectivity index (χ4v) is 1.67. The highest BCUT2D eigenvalue weighted by molar-refractivity contribution is 6.33. The summed E-state index contributed by atoms with van der Waals surface area (Å²) in [5.41, 5.74) is 0.442. The lowest BCUT2D eigenvalue weighted by Crippen LogP contribution is -2.12. The van der Waals surface area contributed by atoms with Crippen LogP contribution in [0.1, 0.15) is 5.69 Å². The van der Waals surface area contributed by atoms with Crippen molar-refractivity contribution in [1.82, 2.24) is 9.97 Å². The molecular weight excluding hydrogens is 273 g/mol. The van der Waals surface area contributed by atoms with Crippen LogP contribution in [0.15, 0.2) is 29.1 Å². The van der Waals surface area contributed by atoms with Gasteiger partial charge in [0.2, 0.25) is 5.95 Å². The summed E-state index contributed by atoms with van der Waals surface area (Å²) >= 11 is 5.91. The molecule has 0 radical (unpaired) electrons. The Kier molecular flexibility index (Phi) is 4.13. The summed E-state index contributed by atoms with van der Waals surface area (Å²) in [5, 5.41) is 3.08. The fourth-order valence-electron chi connectivity index (χ4n) is 1.51. The summed E-state index contributed by atoms with van der Waals surface area (Å²) in [6.45, 7) is 0.204. The second-order valence-electron chi connectivity index (χ2n) is 3.77. The van der Waals surface area contributed by atoms with Crippen LogP contribution in [0.25, 0.3) is 0 Å². The molecule has 0 unspecified atom stereocenters. The Balaban J connectivity index is 2.32. The Labute approximate surface area is 113 Å². The third kappa shape index (κ3) is 3.52. The molecule has 7 heteroatoms. The lowest BCUT2D eigenvalue weighted by atomic mass is 10.3. The number of nitrogens with zero attached hydrogens (tertiary/aromatic N) is 1. The molecule has 0 amide bonds. The Morgan fingerprint density at radius 1 is 1.47 bits per heavy atom. The van der Waals surface area contributed by atoms with Crippen LogP contribution in [0.5, 0.6) is 0 Å². The van der Waals surface area contributed by atoms with E-state index in [4.69, 9.17) is 16.3 Å². The van der Waals surface area contributed by atoms with Crippen molar-refractivity contribution in [3.05, 3.63) is 51.2 Å². The van der Waals surface area contributed by atoms with Crippen LogP contribution in [0.3, 0.4) is 0 Å². The molecule has 0 atom stereocenters. The maximum absolute atomic E-state index is 13.1. The van der Waals surface area contributed by atoms with E-state index < -0.39 is 5.82 Å². The zero-order valence-electron chi connectivity index (χ0n) is 10.0. The molecule has 19 heavy (non-hydrogen) atoms. The van der Waals surface area contributed by atoms with Crippen LogP contribution in [-0.4, -0.2) is 17.1 Å². The van der Waals surface area contributed by atoms with Gasteiger partial charge in [0.15, 0.2) is 0 Å². The van der Waals surface area contributed by atoms with Crippen molar-refractivity contribution < 1.29 is 9.13 Å². The Hall–Kier alpha value is -1.92. The molecule has 1 aromatic heterocycles. The van der Waals surface area contributed by atoms with Crippen LogP contribution < -0.4 is 10.9 Å². The van der Waals surface area contributed by atoms with Gasteiger partial charge in [-0.2, -0.15) is 0 Å². The smallest absolute Gasteiger partial charge is 0.252 e. The highest BCUT2D eigenvalue weighted by atomic mass is 35.5. The van der Waals surface area contributed by atoms with E-state index in [2.05, 4.69) is 15.3 Å². The van der Waals surface area contributed by atoms with E-state index in [1.165, 1.54) is 31.4 Å². The van der Waals surface area contributed by atoms with Crippen molar-refractivity contribution in [1.29, 1.82) is 0 Å². The molecule has 0 fully saturated rings. The third-order valence-electron chi connectivity index (χ3n) is 2.27. The number of halogens is 2. The molecule has 1 aromatic carbocycles. The van der Waals surface area contributed by atoms with Crippen LogP contribution in [0.4, 0.5) is 16.0 Å². The predicted octanol–water partition coefficient (Wildman–Crippen LogP) is 2.45. The average Bonchev–Trinajstić information content (AvgIpc) is 2.33. The molecule has 100 valence electrons. The molecule has 2 aromatic rings. The highest BCUT2D eigenvalue weighted by Gasteiger charge is 2.06. The van der Waals surface area contributed by atoms with E-state index in [1.54, 1.807) is 0 Å². The van der Waals surface area contributed by atoms with Gasteiger partial charge in [-0.3, -0.25) is 9.78 Å². The lowest BCUT2D eigenvalue weighted by molar-refractivity contribution is 0.181. The van der Waals surface area contributed by atoms with Crippen LogP contribution >= 0.6 is 11.6 Å². The van der Waals surface area contributed by atoms with Crippen LogP contribution in [0.2, 0.25) is 5.02 Å². The van der Waals surface area contributed by atoms with E-state index in [-0.39, 0.29) is 18.1 Å². The SMILES string of the molecule is COCc1cc(=O)[nH]c(Nc2cc(F)ccc2Cl)n1. The molecule has 0 aliphatic heterocycles. The molecule has 2 rings (SSSR count). The summed E-state index contributed by atoms with van der Waals surface area (Å²) in [5.74, 6) is -0.269. The maximum atomic E-state index is 13.1. The van der Waals surface area contributed by atoms with Gasteiger partial charge in [0.25, 0.3) is 5.56 Å². The molecule has 1 heterocycles. The minimum Gasteiger partial charge on any atom is -0.378 e. The molecule has 5 nitrogen and oxygen atoms in total. The van der Waals surface area contributed by atoms with Gasteiger partial charge in [0.05, 0.1) is 23.0 Å². The van der Waals surface area contributed by atoms with Gasteiger partial charge in [0, 0.05) is 13.2 Å². The second kappa shape index (κ2) is 5.81. The number of H-pyrrole nitrogens is 1. The quantitative estimate of drug-likeness (QED) is 0.904. The first-order valence-electron chi connectivity index (χ1n) is 5.40. The normalized spacial score (nSPS) is 10.5. The number of aromatic amines is 1. The zero-order valence-corrected chi connectivity index (χ0v) is 10.8. The van der Waals surface area contributed by atoms with Gasteiger partial charge < -0.3 is 10.1 Å². The highest BCUT2D eigenvalue weighted by Crippen LogP contribution is 2.24. The first-order valence-corrected chi connectivity index (χ1v) is 5.77. The van der Waals surface area contributed by atoms with Crippen molar-refractivity contribution in [2.75, 3.05) is 12.4 Å². The van der Waals surface area contributed by atoms with Gasteiger partial charge in [-0.05, 0) is 18.2 Å². The van der Waals surface area contributed by atoms with Gasteiger partial charge in [-0.1, -0.05) is 11.6 Å². The van der Waals surface area contributed by atoms with Crippen LogP contribution in [0, 0.1) is 5.82 Å². The lowest BCUT2D eigenvalue weighted by Gasteiger charge is -2.08. The topological polar surface area (TPSA) is 67.0 Å². The van der Waals surface area contributed by atoms with E-state index in [9.17, 15) is 9.18 Å². The van der Waals surface area contributed by atoms with Gasteiger partial charge in [-0.25, -0.2) is 9.37 Å². The van der Waals surface area contributed by atoms with E-state index in [0.717, 1.165) is 0 Å². The number of methoxy groups -OCH3 is 1. The first-order chi connectivity index (χ1) is 9.08. The van der Waals surface area contributed by atoms with Crippen molar-refractivity contribution >= 4 is 23.2 Å². The average molecular weight is 284 g/mol. The zero-order chi connectivity index (χ0) is 13.8. The summed E-state index contributed by atoms with van der Waals surface area (Å²) in [4.78, 5) is 18.0. The minimum atomic E-state index is -0.442. The Morgan fingerprint density at radius 3 is 3.00 bits per heavy atom. The molecule has 0 spiro atoms. The summed E-state index contributed by atoms with van der Waals surface area (Å²) < 4.78 is 18.0. The van der Waals surface area contributed by atoms with E-state index in [1.807, 2.05) is 0 Å². The number of hydrogen-bond donors (Lipinski definition) is 2. The van der Waals surface area contributed by atoms with Gasteiger partial charge >= 0.3 is 0 Å². The number of nitrogens with one attached hydrogen (secondary N) is 2. The summed E-state index contributed by atoms with van der Waals surface area (Å²) in [6.07, 6.45) is 0. The molecule has 0 bridgehead atoms. The van der Waals surface area contributed by atoms with E-state index in [0.29, 0.717) is 16.4 Å². The van der Waals surface area contributed by atoms with Gasteiger partial charge in [0.1, 0.15) is 5.82 Å². The number of rotatable bonds is 4.